The Bertz CT molecular complexity index is 408. The van der Waals surface area contributed by atoms with E-state index in [-0.39, 0.29) is 0 Å². The van der Waals surface area contributed by atoms with Gasteiger partial charge in [-0.15, -0.1) is 0 Å². The molecule has 2 rings (SSSR count). The molecule has 4 nitrogen and oxygen atoms in total. The molecule has 2 unspecified atom stereocenters. The van der Waals surface area contributed by atoms with Gasteiger partial charge in [0.2, 0.25) is 0 Å². The molecule has 4 heteroatoms. The highest BCUT2D eigenvalue weighted by molar-refractivity contribution is 5.27. The monoisotopic (exact) mass is 265 g/mol. The summed E-state index contributed by atoms with van der Waals surface area (Å²) in [5.41, 5.74) is 3.76. The SMILES string of the molecule is CCNC(C)c1c(C)nn(CC2CCCCO2)c1C. The molecule has 0 amide bonds. The Morgan fingerprint density at radius 2 is 2.21 bits per heavy atom. The smallest absolute Gasteiger partial charge is 0.0771 e. The van der Waals surface area contributed by atoms with Crippen molar-refractivity contribution in [3.63, 3.8) is 0 Å². The molecule has 0 radical (unpaired) electrons. The Kier molecular flexibility index (Phi) is 4.99. The summed E-state index contributed by atoms with van der Waals surface area (Å²) in [6.45, 7) is 11.4. The Hall–Kier alpha value is -0.870. The van der Waals surface area contributed by atoms with Crippen LogP contribution in [0.3, 0.4) is 0 Å². The van der Waals surface area contributed by atoms with Gasteiger partial charge in [0.1, 0.15) is 0 Å². The third kappa shape index (κ3) is 3.37. The molecule has 0 aromatic carbocycles. The van der Waals surface area contributed by atoms with Crippen molar-refractivity contribution in [2.45, 2.75) is 65.6 Å². The van der Waals surface area contributed by atoms with Crippen LogP contribution in [0.15, 0.2) is 0 Å². The summed E-state index contributed by atoms with van der Waals surface area (Å²) in [7, 11) is 0. The van der Waals surface area contributed by atoms with Crippen molar-refractivity contribution in [1.82, 2.24) is 15.1 Å². The third-order valence-electron chi connectivity index (χ3n) is 4.03. The maximum absolute atomic E-state index is 5.82. The van der Waals surface area contributed by atoms with E-state index in [2.05, 4.69) is 37.7 Å². The van der Waals surface area contributed by atoms with Gasteiger partial charge in [-0.25, -0.2) is 0 Å². The maximum atomic E-state index is 5.82. The van der Waals surface area contributed by atoms with Crippen molar-refractivity contribution in [2.24, 2.45) is 0 Å². The van der Waals surface area contributed by atoms with Crippen molar-refractivity contribution < 1.29 is 4.74 Å². The predicted octanol–water partition coefficient (Wildman–Crippen LogP) is 2.74. The van der Waals surface area contributed by atoms with Crippen molar-refractivity contribution in [3.05, 3.63) is 17.0 Å². The second-order valence-corrected chi connectivity index (χ2v) is 5.53. The minimum atomic E-state index is 0.342. The summed E-state index contributed by atoms with van der Waals surface area (Å²) in [5, 5.41) is 8.18. The summed E-state index contributed by atoms with van der Waals surface area (Å²) < 4.78 is 7.95. The van der Waals surface area contributed by atoms with E-state index in [1.54, 1.807) is 0 Å². The number of hydrogen-bond donors (Lipinski definition) is 1. The van der Waals surface area contributed by atoms with Crippen LogP contribution in [-0.2, 0) is 11.3 Å². The van der Waals surface area contributed by atoms with E-state index in [4.69, 9.17) is 9.84 Å². The standard InChI is InChI=1S/C15H27N3O/c1-5-16-11(2)15-12(3)17-18(13(15)4)10-14-8-6-7-9-19-14/h11,14,16H,5-10H2,1-4H3. The van der Waals surface area contributed by atoms with Gasteiger partial charge in [0.05, 0.1) is 18.3 Å². The lowest BCUT2D eigenvalue weighted by atomic mass is 10.1. The van der Waals surface area contributed by atoms with Crippen LogP contribution in [0.2, 0.25) is 0 Å². The zero-order valence-electron chi connectivity index (χ0n) is 12.7. The summed E-state index contributed by atoms with van der Waals surface area (Å²) in [4.78, 5) is 0. The molecule has 0 spiro atoms. The molecular formula is C15H27N3O. The fraction of sp³-hybridized carbons (Fsp3) is 0.800. The largest absolute Gasteiger partial charge is 0.376 e. The average Bonchev–Trinajstić information content (AvgIpc) is 2.66. The van der Waals surface area contributed by atoms with E-state index in [1.165, 1.54) is 24.1 Å². The van der Waals surface area contributed by atoms with Gasteiger partial charge in [0.25, 0.3) is 0 Å². The second kappa shape index (κ2) is 6.53. The molecule has 0 bridgehead atoms. The Balaban J connectivity index is 2.11. The van der Waals surface area contributed by atoms with Crippen molar-refractivity contribution >= 4 is 0 Å². The lowest BCUT2D eigenvalue weighted by Crippen LogP contribution is -2.25. The van der Waals surface area contributed by atoms with E-state index in [9.17, 15) is 0 Å². The van der Waals surface area contributed by atoms with E-state index in [1.807, 2.05) is 0 Å². The van der Waals surface area contributed by atoms with Gasteiger partial charge in [-0.05, 0) is 46.6 Å². The normalized spacial score (nSPS) is 21.6. The highest BCUT2D eigenvalue weighted by atomic mass is 16.5. The Labute approximate surface area is 116 Å². The topological polar surface area (TPSA) is 39.1 Å². The molecule has 1 N–H and O–H groups in total. The molecule has 0 aliphatic carbocycles. The third-order valence-corrected chi connectivity index (χ3v) is 4.03. The first-order chi connectivity index (χ1) is 9.13. The van der Waals surface area contributed by atoms with Crippen LogP contribution < -0.4 is 5.32 Å². The van der Waals surface area contributed by atoms with Crippen molar-refractivity contribution in [3.8, 4) is 0 Å². The van der Waals surface area contributed by atoms with Gasteiger partial charge in [0, 0.05) is 23.9 Å². The van der Waals surface area contributed by atoms with Crippen LogP contribution in [0.25, 0.3) is 0 Å². The van der Waals surface area contributed by atoms with Gasteiger partial charge in [0.15, 0.2) is 0 Å². The lowest BCUT2D eigenvalue weighted by Gasteiger charge is -2.23. The molecule has 108 valence electrons. The molecule has 0 saturated carbocycles. The number of rotatable bonds is 5. The summed E-state index contributed by atoms with van der Waals surface area (Å²) in [6.07, 6.45) is 3.99. The molecule has 1 aliphatic rings. The van der Waals surface area contributed by atoms with Gasteiger partial charge in [-0.2, -0.15) is 5.10 Å². The fourth-order valence-electron chi connectivity index (χ4n) is 3.07. The van der Waals surface area contributed by atoms with Crippen molar-refractivity contribution in [2.75, 3.05) is 13.2 Å². The highest BCUT2D eigenvalue weighted by Gasteiger charge is 2.20. The average molecular weight is 265 g/mol. The molecule has 1 aromatic heterocycles. The second-order valence-electron chi connectivity index (χ2n) is 5.53. The quantitative estimate of drug-likeness (QED) is 0.889. The first kappa shape index (κ1) is 14.5. The van der Waals surface area contributed by atoms with Crippen LogP contribution in [0.1, 0.15) is 56.1 Å². The Morgan fingerprint density at radius 3 is 2.84 bits per heavy atom. The van der Waals surface area contributed by atoms with Crippen LogP contribution in [0.4, 0.5) is 0 Å². The predicted molar refractivity (Wildman–Crippen MR) is 77.4 cm³/mol. The number of nitrogens with zero attached hydrogens (tertiary/aromatic N) is 2. The van der Waals surface area contributed by atoms with E-state index >= 15 is 0 Å². The summed E-state index contributed by atoms with van der Waals surface area (Å²) in [5.74, 6) is 0. The minimum Gasteiger partial charge on any atom is -0.376 e. The summed E-state index contributed by atoms with van der Waals surface area (Å²) >= 11 is 0. The van der Waals surface area contributed by atoms with Gasteiger partial charge < -0.3 is 10.1 Å². The zero-order chi connectivity index (χ0) is 13.8. The lowest BCUT2D eigenvalue weighted by molar-refractivity contribution is 0.00360. The van der Waals surface area contributed by atoms with E-state index in [0.29, 0.717) is 12.1 Å². The zero-order valence-corrected chi connectivity index (χ0v) is 12.7. The van der Waals surface area contributed by atoms with Gasteiger partial charge >= 0.3 is 0 Å². The van der Waals surface area contributed by atoms with E-state index < -0.39 is 0 Å². The molecule has 1 aliphatic heterocycles. The molecule has 19 heavy (non-hydrogen) atoms. The van der Waals surface area contributed by atoms with E-state index in [0.717, 1.165) is 31.8 Å². The minimum absolute atomic E-state index is 0.342. The van der Waals surface area contributed by atoms with Crippen LogP contribution in [-0.4, -0.2) is 29.0 Å². The fourth-order valence-corrected chi connectivity index (χ4v) is 3.07. The van der Waals surface area contributed by atoms with Crippen LogP contribution in [0, 0.1) is 13.8 Å². The molecular weight excluding hydrogens is 238 g/mol. The van der Waals surface area contributed by atoms with Crippen molar-refractivity contribution in [1.29, 1.82) is 0 Å². The maximum Gasteiger partial charge on any atom is 0.0771 e. The summed E-state index contributed by atoms with van der Waals surface area (Å²) in [6, 6.07) is 0.367. The number of aryl methyl sites for hydroxylation is 1. The van der Waals surface area contributed by atoms with Crippen LogP contribution in [0.5, 0.6) is 0 Å². The first-order valence-corrected chi connectivity index (χ1v) is 7.52. The number of nitrogens with one attached hydrogen (secondary N) is 1. The molecule has 1 fully saturated rings. The van der Waals surface area contributed by atoms with Gasteiger partial charge in [-0.1, -0.05) is 6.92 Å². The molecule has 1 aromatic rings. The molecule has 1 saturated heterocycles. The molecule has 2 atom stereocenters. The number of ether oxygens (including phenoxy) is 1. The number of aromatic nitrogens is 2. The van der Waals surface area contributed by atoms with Crippen LogP contribution >= 0.6 is 0 Å². The first-order valence-electron chi connectivity index (χ1n) is 7.52. The Morgan fingerprint density at radius 1 is 1.42 bits per heavy atom. The number of hydrogen-bond acceptors (Lipinski definition) is 3. The highest BCUT2D eigenvalue weighted by Crippen LogP contribution is 2.23. The van der Waals surface area contributed by atoms with Gasteiger partial charge in [-0.3, -0.25) is 4.68 Å². The molecule has 2 heterocycles.